The van der Waals surface area contributed by atoms with E-state index in [1.54, 1.807) is 7.11 Å². The van der Waals surface area contributed by atoms with Gasteiger partial charge in [-0.15, -0.1) is 4.37 Å². The lowest BCUT2D eigenvalue weighted by atomic mass is 10.2. The van der Waals surface area contributed by atoms with Crippen LogP contribution in [0.3, 0.4) is 0 Å². The molecule has 0 bridgehead atoms. The summed E-state index contributed by atoms with van der Waals surface area (Å²) in [7, 11) is 1.62. The molecule has 0 unspecified atom stereocenters. The zero-order valence-corrected chi connectivity index (χ0v) is 12.1. The first-order valence-corrected chi connectivity index (χ1v) is 7.16. The van der Waals surface area contributed by atoms with Gasteiger partial charge in [-0.2, -0.15) is 4.37 Å². The standard InChI is InChI=1S/C13H16N5OS/c1-10-4-3-5-14-11(10)17-6-8-18(9-7-17)12-13(19-2)16-20-15-12/h3-5H,1,6-9H2,2H3. The van der Waals surface area contributed by atoms with Gasteiger partial charge in [-0.1, -0.05) is 6.07 Å². The second-order valence-corrected chi connectivity index (χ2v) is 5.09. The van der Waals surface area contributed by atoms with E-state index in [1.165, 1.54) is 11.7 Å². The van der Waals surface area contributed by atoms with Gasteiger partial charge in [-0.05, 0) is 18.6 Å². The van der Waals surface area contributed by atoms with E-state index in [2.05, 4.69) is 30.5 Å². The molecular weight excluding hydrogens is 274 g/mol. The summed E-state index contributed by atoms with van der Waals surface area (Å²) >= 11 is 1.18. The van der Waals surface area contributed by atoms with Crippen LogP contribution in [0.1, 0.15) is 5.56 Å². The fourth-order valence-electron chi connectivity index (χ4n) is 2.34. The van der Waals surface area contributed by atoms with Gasteiger partial charge in [-0.25, -0.2) is 4.98 Å². The zero-order chi connectivity index (χ0) is 13.9. The molecule has 105 valence electrons. The number of anilines is 2. The third-order valence-electron chi connectivity index (χ3n) is 3.38. The van der Waals surface area contributed by atoms with Crippen molar-refractivity contribution in [2.24, 2.45) is 0 Å². The van der Waals surface area contributed by atoms with Crippen molar-refractivity contribution in [3.05, 3.63) is 30.8 Å². The maximum absolute atomic E-state index is 5.23. The van der Waals surface area contributed by atoms with Gasteiger partial charge in [0, 0.05) is 32.4 Å². The Kier molecular flexibility index (Phi) is 3.68. The number of aromatic nitrogens is 3. The minimum Gasteiger partial charge on any atom is -0.478 e. The molecule has 2 aromatic heterocycles. The van der Waals surface area contributed by atoms with Gasteiger partial charge in [-0.3, -0.25) is 0 Å². The van der Waals surface area contributed by atoms with Crippen LogP contribution in [-0.4, -0.2) is 47.0 Å². The van der Waals surface area contributed by atoms with Gasteiger partial charge in [0.1, 0.15) is 5.82 Å². The van der Waals surface area contributed by atoms with E-state index in [-0.39, 0.29) is 0 Å². The fourth-order valence-corrected chi connectivity index (χ4v) is 2.88. The Labute approximate surface area is 122 Å². The van der Waals surface area contributed by atoms with Gasteiger partial charge >= 0.3 is 0 Å². The number of piperazine rings is 1. The van der Waals surface area contributed by atoms with Gasteiger partial charge in [0.25, 0.3) is 5.88 Å². The lowest BCUT2D eigenvalue weighted by Crippen LogP contribution is -2.47. The lowest BCUT2D eigenvalue weighted by Gasteiger charge is -2.36. The van der Waals surface area contributed by atoms with Crippen LogP contribution in [0.2, 0.25) is 0 Å². The van der Waals surface area contributed by atoms with Crippen LogP contribution in [-0.2, 0) is 0 Å². The summed E-state index contributed by atoms with van der Waals surface area (Å²) in [6.07, 6.45) is 1.81. The quantitative estimate of drug-likeness (QED) is 0.853. The molecule has 6 nitrogen and oxygen atoms in total. The lowest BCUT2D eigenvalue weighted by molar-refractivity contribution is 0.400. The highest BCUT2D eigenvalue weighted by atomic mass is 32.1. The van der Waals surface area contributed by atoms with E-state index >= 15 is 0 Å². The summed E-state index contributed by atoms with van der Waals surface area (Å²) in [4.78, 5) is 8.87. The maximum Gasteiger partial charge on any atom is 0.270 e. The summed E-state index contributed by atoms with van der Waals surface area (Å²) in [6, 6.07) is 3.90. The molecular formula is C13H16N5OS. The molecule has 1 fully saturated rings. The van der Waals surface area contributed by atoms with Crippen LogP contribution in [0.4, 0.5) is 11.6 Å². The Hall–Kier alpha value is -1.89. The molecule has 1 radical (unpaired) electrons. The summed E-state index contributed by atoms with van der Waals surface area (Å²) in [6.45, 7) is 7.56. The first kappa shape index (κ1) is 13.1. The van der Waals surface area contributed by atoms with Gasteiger partial charge < -0.3 is 14.5 Å². The zero-order valence-electron chi connectivity index (χ0n) is 11.3. The normalized spacial score (nSPS) is 15.5. The average molecular weight is 290 g/mol. The molecule has 0 saturated carbocycles. The number of hydrogen-bond acceptors (Lipinski definition) is 7. The van der Waals surface area contributed by atoms with Crippen molar-refractivity contribution in [3.63, 3.8) is 0 Å². The molecule has 0 N–H and O–H groups in total. The molecule has 1 aliphatic heterocycles. The van der Waals surface area contributed by atoms with E-state index in [4.69, 9.17) is 4.74 Å². The average Bonchev–Trinajstić information content (AvgIpc) is 2.96. The Morgan fingerprint density at radius 3 is 2.50 bits per heavy atom. The molecule has 1 aliphatic rings. The summed E-state index contributed by atoms with van der Waals surface area (Å²) in [5, 5.41) is 0. The van der Waals surface area contributed by atoms with E-state index in [0.29, 0.717) is 5.88 Å². The number of nitrogens with zero attached hydrogens (tertiary/aromatic N) is 5. The second kappa shape index (κ2) is 5.62. The first-order chi connectivity index (χ1) is 9.79. The number of ether oxygens (including phenoxy) is 1. The van der Waals surface area contributed by atoms with Crippen molar-refractivity contribution in [3.8, 4) is 5.88 Å². The number of pyridine rings is 1. The summed E-state index contributed by atoms with van der Waals surface area (Å²) in [5.41, 5.74) is 0.967. The predicted molar refractivity (Wildman–Crippen MR) is 79.6 cm³/mol. The second-order valence-electron chi connectivity index (χ2n) is 4.56. The minimum absolute atomic E-state index is 0.610. The molecule has 3 rings (SSSR count). The van der Waals surface area contributed by atoms with Gasteiger partial charge in [0.15, 0.2) is 0 Å². The molecule has 7 heteroatoms. The van der Waals surface area contributed by atoms with Crippen molar-refractivity contribution < 1.29 is 4.74 Å². The van der Waals surface area contributed by atoms with Gasteiger partial charge in [0.05, 0.1) is 18.8 Å². The molecule has 20 heavy (non-hydrogen) atoms. The maximum atomic E-state index is 5.23. The molecule has 0 amide bonds. The molecule has 1 saturated heterocycles. The SMILES string of the molecule is [CH2]c1cccnc1N1CCN(c2nsnc2OC)CC1. The van der Waals surface area contributed by atoms with E-state index in [1.807, 2.05) is 18.3 Å². The van der Waals surface area contributed by atoms with Crippen molar-refractivity contribution in [2.45, 2.75) is 0 Å². The molecule has 0 aromatic carbocycles. The van der Waals surface area contributed by atoms with Crippen molar-refractivity contribution >= 4 is 23.4 Å². The topological polar surface area (TPSA) is 54.4 Å². The molecule has 3 heterocycles. The fraction of sp³-hybridized carbons (Fsp3) is 0.385. The third kappa shape index (κ3) is 2.40. The van der Waals surface area contributed by atoms with Crippen LogP contribution in [0.15, 0.2) is 18.3 Å². The Morgan fingerprint density at radius 2 is 1.85 bits per heavy atom. The van der Waals surface area contributed by atoms with Crippen LogP contribution >= 0.6 is 11.7 Å². The van der Waals surface area contributed by atoms with Crippen molar-refractivity contribution in [1.82, 2.24) is 13.7 Å². The highest BCUT2D eigenvalue weighted by molar-refractivity contribution is 6.99. The Balaban J connectivity index is 1.70. The van der Waals surface area contributed by atoms with E-state index in [9.17, 15) is 0 Å². The summed E-state index contributed by atoms with van der Waals surface area (Å²) in [5.74, 6) is 2.42. The van der Waals surface area contributed by atoms with E-state index < -0.39 is 0 Å². The smallest absolute Gasteiger partial charge is 0.270 e. The first-order valence-electron chi connectivity index (χ1n) is 6.43. The van der Waals surface area contributed by atoms with Gasteiger partial charge in [0.2, 0.25) is 5.82 Å². The number of hydrogen-bond donors (Lipinski definition) is 0. The highest BCUT2D eigenvalue weighted by Gasteiger charge is 2.23. The molecule has 0 aliphatic carbocycles. The molecule has 0 spiro atoms. The minimum atomic E-state index is 0.610. The number of methoxy groups -OCH3 is 1. The predicted octanol–water partition coefficient (Wildman–Crippen LogP) is 1.45. The van der Waals surface area contributed by atoms with Crippen LogP contribution < -0.4 is 14.5 Å². The number of rotatable bonds is 3. The van der Waals surface area contributed by atoms with Crippen LogP contribution in [0.25, 0.3) is 0 Å². The van der Waals surface area contributed by atoms with Crippen LogP contribution in [0, 0.1) is 6.92 Å². The Bertz CT molecular complexity index is 580. The molecule has 0 atom stereocenters. The summed E-state index contributed by atoms with van der Waals surface area (Å²) < 4.78 is 13.7. The Morgan fingerprint density at radius 1 is 1.15 bits per heavy atom. The third-order valence-corrected chi connectivity index (χ3v) is 3.88. The largest absolute Gasteiger partial charge is 0.478 e. The van der Waals surface area contributed by atoms with Crippen LogP contribution in [0.5, 0.6) is 5.88 Å². The van der Waals surface area contributed by atoms with Crippen molar-refractivity contribution in [1.29, 1.82) is 0 Å². The molecule has 2 aromatic rings. The van der Waals surface area contributed by atoms with Crippen molar-refractivity contribution in [2.75, 3.05) is 43.1 Å². The highest BCUT2D eigenvalue weighted by Crippen LogP contribution is 2.27. The monoisotopic (exact) mass is 290 g/mol. The van der Waals surface area contributed by atoms with E-state index in [0.717, 1.165) is 43.4 Å².